The average molecular weight is 274 g/mol. The van der Waals surface area contributed by atoms with Gasteiger partial charge in [-0.1, -0.05) is 6.07 Å². The molecule has 0 aliphatic heterocycles. The Balaban J connectivity index is 2.50. The summed E-state index contributed by atoms with van der Waals surface area (Å²) in [4.78, 5) is 0. The highest BCUT2D eigenvalue weighted by atomic mass is 19.2. The number of benzene rings is 2. The van der Waals surface area contributed by atoms with E-state index < -0.39 is 40.8 Å². The van der Waals surface area contributed by atoms with Crippen molar-refractivity contribution < 1.29 is 27.1 Å². The molecule has 0 bridgehead atoms. The molecule has 6 heteroatoms. The third kappa shape index (κ3) is 2.58. The number of hydrogen-bond acceptors (Lipinski definition) is 1. The van der Waals surface area contributed by atoms with Crippen molar-refractivity contribution in [2.45, 2.75) is 6.10 Å². The first-order valence-electron chi connectivity index (χ1n) is 5.17. The van der Waals surface area contributed by atoms with E-state index in [1.807, 2.05) is 0 Å². The van der Waals surface area contributed by atoms with Gasteiger partial charge in [-0.2, -0.15) is 0 Å². The van der Waals surface area contributed by atoms with Crippen LogP contribution in [0.2, 0.25) is 0 Å². The Morgan fingerprint density at radius 2 is 1.37 bits per heavy atom. The zero-order valence-corrected chi connectivity index (χ0v) is 9.30. The zero-order chi connectivity index (χ0) is 14.2. The Kier molecular flexibility index (Phi) is 3.53. The largest absolute Gasteiger partial charge is 0.384 e. The molecule has 0 spiro atoms. The van der Waals surface area contributed by atoms with Crippen molar-refractivity contribution in [1.82, 2.24) is 0 Å². The average Bonchev–Trinajstić information content (AvgIpc) is 2.34. The van der Waals surface area contributed by atoms with E-state index in [2.05, 4.69) is 0 Å². The molecule has 2 rings (SSSR count). The lowest BCUT2D eigenvalue weighted by molar-refractivity contribution is 0.211. The van der Waals surface area contributed by atoms with Gasteiger partial charge in [-0.25, -0.2) is 22.0 Å². The predicted octanol–water partition coefficient (Wildman–Crippen LogP) is 3.46. The number of rotatable bonds is 2. The Morgan fingerprint density at radius 3 is 1.95 bits per heavy atom. The molecule has 19 heavy (non-hydrogen) atoms. The van der Waals surface area contributed by atoms with Gasteiger partial charge in [0.2, 0.25) is 0 Å². The van der Waals surface area contributed by atoms with Crippen LogP contribution in [0.3, 0.4) is 0 Å². The maximum absolute atomic E-state index is 13.4. The highest BCUT2D eigenvalue weighted by Gasteiger charge is 2.21. The van der Waals surface area contributed by atoms with Crippen LogP contribution < -0.4 is 0 Å². The van der Waals surface area contributed by atoms with Gasteiger partial charge in [0.05, 0.1) is 0 Å². The molecular formula is C13H7F5O. The second-order valence-electron chi connectivity index (χ2n) is 3.87. The van der Waals surface area contributed by atoms with Crippen LogP contribution in [0.25, 0.3) is 0 Å². The van der Waals surface area contributed by atoms with Gasteiger partial charge in [0, 0.05) is 11.6 Å². The van der Waals surface area contributed by atoms with Gasteiger partial charge in [0.1, 0.15) is 17.7 Å². The normalized spacial score (nSPS) is 12.5. The maximum atomic E-state index is 13.4. The minimum absolute atomic E-state index is 0.303. The molecule has 2 aromatic carbocycles. The smallest absolute Gasteiger partial charge is 0.194 e. The van der Waals surface area contributed by atoms with Crippen molar-refractivity contribution in [1.29, 1.82) is 0 Å². The Labute approximate surface area is 104 Å². The van der Waals surface area contributed by atoms with E-state index in [0.717, 1.165) is 18.2 Å². The van der Waals surface area contributed by atoms with Crippen molar-refractivity contribution in [3.63, 3.8) is 0 Å². The maximum Gasteiger partial charge on any atom is 0.194 e. The van der Waals surface area contributed by atoms with Gasteiger partial charge in [0.15, 0.2) is 17.5 Å². The zero-order valence-electron chi connectivity index (χ0n) is 9.30. The van der Waals surface area contributed by atoms with Gasteiger partial charge in [0.25, 0.3) is 0 Å². The van der Waals surface area contributed by atoms with E-state index >= 15 is 0 Å². The molecule has 0 saturated carbocycles. The minimum atomic E-state index is -1.81. The van der Waals surface area contributed by atoms with E-state index in [1.54, 1.807) is 0 Å². The van der Waals surface area contributed by atoms with Crippen molar-refractivity contribution in [2.24, 2.45) is 0 Å². The van der Waals surface area contributed by atoms with Crippen LogP contribution in [0.1, 0.15) is 17.2 Å². The van der Waals surface area contributed by atoms with Crippen molar-refractivity contribution in [3.05, 3.63) is 70.5 Å². The van der Waals surface area contributed by atoms with E-state index in [4.69, 9.17) is 0 Å². The van der Waals surface area contributed by atoms with Crippen LogP contribution in [0, 0.1) is 29.1 Å². The fourth-order valence-corrected chi connectivity index (χ4v) is 1.66. The third-order valence-electron chi connectivity index (χ3n) is 2.56. The van der Waals surface area contributed by atoms with Gasteiger partial charge in [-0.05, 0) is 23.8 Å². The predicted molar refractivity (Wildman–Crippen MR) is 56.7 cm³/mol. The van der Waals surface area contributed by atoms with Crippen LogP contribution in [0.4, 0.5) is 22.0 Å². The summed E-state index contributed by atoms with van der Waals surface area (Å²) in [7, 11) is 0. The number of aliphatic hydroxyl groups excluding tert-OH is 1. The molecule has 0 heterocycles. The minimum Gasteiger partial charge on any atom is -0.384 e. The van der Waals surface area contributed by atoms with E-state index in [0.29, 0.717) is 12.1 Å². The Morgan fingerprint density at radius 1 is 0.789 bits per heavy atom. The lowest BCUT2D eigenvalue weighted by Crippen LogP contribution is -2.06. The number of hydrogen-bond donors (Lipinski definition) is 1. The quantitative estimate of drug-likeness (QED) is 0.656. The summed E-state index contributed by atoms with van der Waals surface area (Å²) >= 11 is 0. The lowest BCUT2D eigenvalue weighted by atomic mass is 10.0. The van der Waals surface area contributed by atoms with Crippen molar-refractivity contribution in [2.75, 3.05) is 0 Å². The molecule has 0 fully saturated rings. The Hall–Kier alpha value is -1.95. The molecule has 1 atom stereocenters. The highest BCUT2D eigenvalue weighted by molar-refractivity contribution is 5.32. The van der Waals surface area contributed by atoms with Crippen LogP contribution in [0.5, 0.6) is 0 Å². The molecule has 2 aromatic rings. The number of halogens is 5. The van der Waals surface area contributed by atoms with Gasteiger partial charge in [-0.15, -0.1) is 0 Å². The molecule has 1 unspecified atom stereocenters. The van der Waals surface area contributed by atoms with E-state index in [1.165, 1.54) is 0 Å². The van der Waals surface area contributed by atoms with Crippen molar-refractivity contribution >= 4 is 0 Å². The van der Waals surface area contributed by atoms with Crippen LogP contribution in [-0.2, 0) is 0 Å². The SMILES string of the molecule is OC(c1cc(F)cc(F)c1)c1ccc(F)c(F)c1F. The summed E-state index contributed by atoms with van der Waals surface area (Å²) in [6.45, 7) is 0. The third-order valence-corrected chi connectivity index (χ3v) is 2.56. The highest BCUT2D eigenvalue weighted by Crippen LogP contribution is 2.27. The summed E-state index contributed by atoms with van der Waals surface area (Å²) in [6.07, 6.45) is -1.81. The first-order chi connectivity index (χ1) is 8.90. The summed E-state index contributed by atoms with van der Waals surface area (Å²) in [5.41, 5.74) is -0.911. The topological polar surface area (TPSA) is 20.2 Å². The fraction of sp³-hybridized carbons (Fsp3) is 0.0769. The second kappa shape index (κ2) is 4.97. The second-order valence-corrected chi connectivity index (χ2v) is 3.87. The molecule has 0 saturated heterocycles. The van der Waals surface area contributed by atoms with Gasteiger partial charge < -0.3 is 5.11 Å². The summed E-state index contributed by atoms with van der Waals surface area (Å²) < 4.78 is 65.1. The van der Waals surface area contributed by atoms with Crippen LogP contribution >= 0.6 is 0 Å². The first kappa shape index (κ1) is 13.5. The standard InChI is InChI=1S/C13H7F5O/c14-7-3-6(4-8(15)5-7)13(19)9-1-2-10(16)12(18)11(9)17/h1-5,13,19H. The molecule has 0 radical (unpaired) electrons. The fourth-order valence-electron chi connectivity index (χ4n) is 1.66. The van der Waals surface area contributed by atoms with Crippen LogP contribution in [-0.4, -0.2) is 5.11 Å². The van der Waals surface area contributed by atoms with Crippen molar-refractivity contribution in [3.8, 4) is 0 Å². The van der Waals surface area contributed by atoms with E-state index in [9.17, 15) is 27.1 Å². The molecular weight excluding hydrogens is 267 g/mol. The molecule has 0 aliphatic rings. The summed E-state index contributed by atoms with van der Waals surface area (Å²) in [5, 5.41) is 9.77. The molecule has 0 aromatic heterocycles. The van der Waals surface area contributed by atoms with Gasteiger partial charge >= 0.3 is 0 Å². The molecule has 100 valence electrons. The summed E-state index contributed by atoms with van der Waals surface area (Å²) in [5.74, 6) is -6.72. The molecule has 1 nitrogen and oxygen atoms in total. The van der Waals surface area contributed by atoms with Gasteiger partial charge in [-0.3, -0.25) is 0 Å². The Bertz CT molecular complexity index is 606. The summed E-state index contributed by atoms with van der Waals surface area (Å²) in [6, 6.07) is 3.54. The molecule has 0 aliphatic carbocycles. The first-order valence-corrected chi connectivity index (χ1v) is 5.17. The monoisotopic (exact) mass is 274 g/mol. The van der Waals surface area contributed by atoms with E-state index in [-0.39, 0.29) is 5.56 Å². The molecule has 0 amide bonds. The molecule has 1 N–H and O–H groups in total. The lowest BCUT2D eigenvalue weighted by Gasteiger charge is -2.13. The van der Waals surface area contributed by atoms with Crippen LogP contribution in [0.15, 0.2) is 30.3 Å². The number of aliphatic hydroxyl groups is 1.